The summed E-state index contributed by atoms with van der Waals surface area (Å²) >= 11 is 0. The summed E-state index contributed by atoms with van der Waals surface area (Å²) in [6.45, 7) is 4.53. The SMILES string of the molecule is CC(C)CCCCCCC=C[C]=O. The Balaban J connectivity index is 2.99. The van der Waals surface area contributed by atoms with Crippen molar-refractivity contribution in [2.24, 2.45) is 5.92 Å². The van der Waals surface area contributed by atoms with Gasteiger partial charge in [-0.15, -0.1) is 0 Å². The molecule has 0 atom stereocenters. The fourth-order valence-electron chi connectivity index (χ4n) is 1.30. The van der Waals surface area contributed by atoms with Crippen LogP contribution in [0.3, 0.4) is 0 Å². The molecule has 0 heterocycles. The van der Waals surface area contributed by atoms with Gasteiger partial charge in [0.05, 0.1) is 0 Å². The Labute approximate surface area is 82.2 Å². The minimum atomic E-state index is 0.838. The third kappa shape index (κ3) is 11.4. The first-order valence-electron chi connectivity index (χ1n) is 5.30. The number of rotatable bonds is 8. The van der Waals surface area contributed by atoms with Crippen LogP contribution in [0.25, 0.3) is 0 Å². The van der Waals surface area contributed by atoms with Crippen molar-refractivity contribution in [3.8, 4) is 0 Å². The molecule has 0 unspecified atom stereocenters. The lowest BCUT2D eigenvalue weighted by Crippen LogP contribution is -1.86. The molecule has 0 aliphatic rings. The Morgan fingerprint density at radius 1 is 1.15 bits per heavy atom. The van der Waals surface area contributed by atoms with E-state index >= 15 is 0 Å². The maximum atomic E-state index is 9.80. The van der Waals surface area contributed by atoms with Crippen LogP contribution in [0.5, 0.6) is 0 Å². The highest BCUT2D eigenvalue weighted by atomic mass is 16.1. The van der Waals surface area contributed by atoms with Crippen molar-refractivity contribution in [3.63, 3.8) is 0 Å². The Hall–Kier alpha value is -0.590. The van der Waals surface area contributed by atoms with Crippen LogP contribution in [-0.2, 0) is 4.79 Å². The topological polar surface area (TPSA) is 17.1 Å². The second-order valence-corrected chi connectivity index (χ2v) is 3.91. The van der Waals surface area contributed by atoms with Gasteiger partial charge < -0.3 is 0 Å². The van der Waals surface area contributed by atoms with Gasteiger partial charge in [0, 0.05) is 0 Å². The first-order chi connectivity index (χ1) is 6.27. The van der Waals surface area contributed by atoms with Crippen LogP contribution < -0.4 is 0 Å². The first-order valence-corrected chi connectivity index (χ1v) is 5.30. The molecular formula is C12H21O. The molecule has 1 radical (unpaired) electrons. The molecule has 1 heteroatoms. The molecule has 0 saturated heterocycles. The van der Waals surface area contributed by atoms with E-state index in [4.69, 9.17) is 0 Å². The van der Waals surface area contributed by atoms with E-state index in [1.54, 1.807) is 6.29 Å². The highest BCUT2D eigenvalue weighted by Gasteiger charge is 1.93. The highest BCUT2D eigenvalue weighted by Crippen LogP contribution is 2.10. The number of unbranched alkanes of at least 4 members (excludes halogenated alkanes) is 4. The van der Waals surface area contributed by atoms with Gasteiger partial charge in [-0.2, -0.15) is 0 Å². The zero-order valence-electron chi connectivity index (χ0n) is 8.88. The molecule has 0 aliphatic carbocycles. The summed E-state index contributed by atoms with van der Waals surface area (Å²) in [5, 5.41) is 0. The molecule has 0 rings (SSSR count). The monoisotopic (exact) mass is 181 g/mol. The Morgan fingerprint density at radius 3 is 2.46 bits per heavy atom. The van der Waals surface area contributed by atoms with Crippen LogP contribution in [0.15, 0.2) is 12.2 Å². The standard InChI is InChI=1S/C12H21O/c1-12(2)10-8-6-4-3-5-7-9-11-13/h7,9,12H,3-6,8,10H2,1-2H3. The Kier molecular flexibility index (Phi) is 9.07. The lowest BCUT2D eigenvalue weighted by atomic mass is 10.0. The number of allylic oxidation sites excluding steroid dienone is 2. The van der Waals surface area contributed by atoms with Gasteiger partial charge in [-0.1, -0.05) is 45.6 Å². The van der Waals surface area contributed by atoms with E-state index < -0.39 is 0 Å². The van der Waals surface area contributed by atoms with Gasteiger partial charge in [-0.3, -0.25) is 4.79 Å². The summed E-state index contributed by atoms with van der Waals surface area (Å²) in [6.07, 6.45) is 12.7. The van der Waals surface area contributed by atoms with E-state index in [0.717, 1.165) is 12.3 Å². The van der Waals surface area contributed by atoms with E-state index in [1.807, 2.05) is 6.08 Å². The third-order valence-electron chi connectivity index (χ3n) is 2.09. The predicted molar refractivity (Wildman–Crippen MR) is 57.4 cm³/mol. The van der Waals surface area contributed by atoms with Crippen LogP contribution >= 0.6 is 0 Å². The molecule has 0 aromatic rings. The van der Waals surface area contributed by atoms with Gasteiger partial charge in [0.25, 0.3) is 0 Å². The zero-order chi connectivity index (χ0) is 9.94. The van der Waals surface area contributed by atoms with Crippen molar-refractivity contribution in [3.05, 3.63) is 12.2 Å². The molecule has 0 bridgehead atoms. The van der Waals surface area contributed by atoms with Gasteiger partial charge in [0.15, 0.2) is 0 Å². The van der Waals surface area contributed by atoms with Crippen molar-refractivity contribution in [1.29, 1.82) is 0 Å². The van der Waals surface area contributed by atoms with Gasteiger partial charge in [0.2, 0.25) is 6.29 Å². The molecule has 0 N–H and O–H groups in total. The van der Waals surface area contributed by atoms with Crippen LogP contribution in [0, 0.1) is 5.92 Å². The molecule has 0 amide bonds. The summed E-state index contributed by atoms with van der Waals surface area (Å²) in [4.78, 5) is 9.80. The van der Waals surface area contributed by atoms with Gasteiger partial charge in [0.1, 0.15) is 0 Å². The van der Waals surface area contributed by atoms with Gasteiger partial charge in [-0.25, -0.2) is 0 Å². The van der Waals surface area contributed by atoms with Gasteiger partial charge >= 0.3 is 0 Å². The number of carbonyl (C=O) groups excluding carboxylic acids is 1. The molecule has 0 aromatic heterocycles. The van der Waals surface area contributed by atoms with E-state index in [0.29, 0.717) is 0 Å². The zero-order valence-corrected chi connectivity index (χ0v) is 8.88. The third-order valence-corrected chi connectivity index (χ3v) is 2.09. The molecule has 0 saturated carbocycles. The second kappa shape index (κ2) is 9.50. The largest absolute Gasteiger partial charge is 0.286 e. The fraction of sp³-hybridized carbons (Fsp3) is 0.750. The van der Waals surface area contributed by atoms with Crippen molar-refractivity contribution >= 4 is 6.29 Å². The van der Waals surface area contributed by atoms with E-state index in [2.05, 4.69) is 13.8 Å². The van der Waals surface area contributed by atoms with Crippen LogP contribution in [0.1, 0.15) is 52.4 Å². The highest BCUT2D eigenvalue weighted by molar-refractivity contribution is 5.65. The molecule has 0 spiro atoms. The smallest absolute Gasteiger partial charge is 0.225 e. The molecule has 13 heavy (non-hydrogen) atoms. The van der Waals surface area contributed by atoms with Crippen molar-refractivity contribution in [1.82, 2.24) is 0 Å². The van der Waals surface area contributed by atoms with Crippen molar-refractivity contribution in [2.45, 2.75) is 52.4 Å². The summed E-state index contributed by atoms with van der Waals surface area (Å²) in [5.41, 5.74) is 0. The average Bonchev–Trinajstić information content (AvgIpc) is 2.09. The predicted octanol–water partition coefficient (Wildman–Crippen LogP) is 3.65. The summed E-state index contributed by atoms with van der Waals surface area (Å²) in [6, 6.07) is 0. The minimum absolute atomic E-state index is 0.838. The Morgan fingerprint density at radius 2 is 1.85 bits per heavy atom. The molecule has 0 aromatic carbocycles. The minimum Gasteiger partial charge on any atom is -0.286 e. The first kappa shape index (κ1) is 12.4. The fourth-order valence-corrected chi connectivity index (χ4v) is 1.30. The number of hydrogen-bond acceptors (Lipinski definition) is 1. The lowest BCUT2D eigenvalue weighted by molar-refractivity contribution is 0.521. The van der Waals surface area contributed by atoms with Crippen LogP contribution in [0.2, 0.25) is 0 Å². The lowest BCUT2D eigenvalue weighted by Gasteiger charge is -2.02. The Bertz CT molecular complexity index is 136. The second-order valence-electron chi connectivity index (χ2n) is 3.91. The quantitative estimate of drug-likeness (QED) is 0.412. The van der Waals surface area contributed by atoms with E-state index in [9.17, 15) is 4.79 Å². The normalized spacial score (nSPS) is 11.3. The molecule has 0 fully saturated rings. The maximum absolute atomic E-state index is 9.80. The van der Waals surface area contributed by atoms with Crippen molar-refractivity contribution < 1.29 is 4.79 Å². The van der Waals surface area contributed by atoms with E-state index in [1.165, 1.54) is 38.2 Å². The number of hydrogen-bond donors (Lipinski definition) is 0. The maximum Gasteiger partial charge on any atom is 0.225 e. The molecule has 75 valence electrons. The van der Waals surface area contributed by atoms with Gasteiger partial charge in [-0.05, 0) is 24.8 Å². The molecule has 1 nitrogen and oxygen atoms in total. The molecular weight excluding hydrogens is 160 g/mol. The van der Waals surface area contributed by atoms with Crippen molar-refractivity contribution in [2.75, 3.05) is 0 Å². The molecule has 0 aliphatic heterocycles. The van der Waals surface area contributed by atoms with Crippen LogP contribution in [0.4, 0.5) is 0 Å². The summed E-state index contributed by atoms with van der Waals surface area (Å²) < 4.78 is 0. The van der Waals surface area contributed by atoms with E-state index in [-0.39, 0.29) is 0 Å². The summed E-state index contributed by atoms with van der Waals surface area (Å²) in [7, 11) is 0. The summed E-state index contributed by atoms with van der Waals surface area (Å²) in [5.74, 6) is 0.838. The average molecular weight is 181 g/mol. The van der Waals surface area contributed by atoms with Crippen LogP contribution in [-0.4, -0.2) is 6.29 Å².